The van der Waals surface area contributed by atoms with Gasteiger partial charge in [-0.3, -0.25) is 10.3 Å². The van der Waals surface area contributed by atoms with Gasteiger partial charge in [0, 0.05) is 54.6 Å². The van der Waals surface area contributed by atoms with Gasteiger partial charge in [-0.2, -0.15) is 4.99 Å². The van der Waals surface area contributed by atoms with E-state index in [4.69, 9.17) is 16.5 Å². The monoisotopic (exact) mass is 387 g/mol. The molecule has 3 rings (SSSR count). The van der Waals surface area contributed by atoms with Gasteiger partial charge in [0.2, 0.25) is 5.90 Å². The van der Waals surface area contributed by atoms with Crippen molar-refractivity contribution in [1.29, 1.82) is 0 Å². The zero-order valence-electron chi connectivity index (χ0n) is 15.0. The Hall–Kier alpha value is -2.61. The molecule has 1 aromatic carbocycles. The van der Waals surface area contributed by atoms with Gasteiger partial charge in [-0.05, 0) is 30.7 Å². The maximum atomic E-state index is 9.18. The van der Waals surface area contributed by atoms with E-state index in [-0.39, 0.29) is 6.61 Å². The number of aliphatic imine (C=N–C) groups is 1. The summed E-state index contributed by atoms with van der Waals surface area (Å²) in [5.74, 6) is -0.782. The van der Waals surface area contributed by atoms with Gasteiger partial charge in [0.25, 0.3) is 5.91 Å². The van der Waals surface area contributed by atoms with Crippen molar-refractivity contribution in [1.82, 2.24) is 14.7 Å². The Labute approximate surface area is 163 Å². The number of aliphatic hydroxyl groups is 1. The summed E-state index contributed by atoms with van der Waals surface area (Å²) in [6.07, 6.45) is 5.71. The number of halogens is 1. The van der Waals surface area contributed by atoms with Crippen molar-refractivity contribution in [3.05, 3.63) is 66.5 Å². The van der Waals surface area contributed by atoms with E-state index in [0.717, 1.165) is 11.3 Å². The number of nitrogens with one attached hydrogen (secondary N) is 2. The van der Waals surface area contributed by atoms with Crippen molar-refractivity contribution in [2.45, 2.75) is 12.3 Å². The number of rotatable bonds is 7. The molecule has 1 unspecified atom stereocenters. The first-order valence-electron chi connectivity index (χ1n) is 8.59. The van der Waals surface area contributed by atoms with Crippen LogP contribution in [0.2, 0.25) is 0 Å². The highest BCUT2D eigenvalue weighted by Gasteiger charge is 2.41. The Bertz CT molecular complexity index is 800. The number of methoxy groups -OCH3 is 1. The Kier molecular flexibility index (Phi) is 6.28. The van der Waals surface area contributed by atoms with E-state index in [9.17, 15) is 5.11 Å². The molecule has 0 saturated carbocycles. The van der Waals surface area contributed by atoms with Gasteiger partial charge in [-0.25, -0.2) is 4.42 Å². The molecule has 7 nitrogen and oxygen atoms in total. The van der Waals surface area contributed by atoms with Crippen LogP contribution in [0, 0.1) is 0 Å². The topological polar surface area (TPSA) is 82.0 Å². The van der Waals surface area contributed by atoms with Crippen LogP contribution in [0.4, 0.5) is 5.69 Å². The number of nitrogens with zero attached hydrogens (tertiary/aromatic N) is 3. The molecule has 142 valence electrons. The number of hydrogen-bond acceptors (Lipinski definition) is 7. The highest BCUT2D eigenvalue weighted by Crippen LogP contribution is 2.34. The van der Waals surface area contributed by atoms with Crippen LogP contribution in [0.3, 0.4) is 0 Å². The summed E-state index contributed by atoms with van der Waals surface area (Å²) in [4.78, 5) is 8.71. The van der Waals surface area contributed by atoms with E-state index < -0.39 is 5.91 Å². The first-order valence-corrected chi connectivity index (χ1v) is 8.93. The van der Waals surface area contributed by atoms with Gasteiger partial charge in [0.15, 0.2) is 0 Å². The highest BCUT2D eigenvalue weighted by atomic mass is 35.5. The molecular weight excluding hydrogens is 366 g/mol. The van der Waals surface area contributed by atoms with Crippen LogP contribution in [0.25, 0.3) is 5.70 Å². The summed E-state index contributed by atoms with van der Waals surface area (Å²) in [7, 11) is 1.56. The molecule has 0 spiro atoms. The number of aliphatic hydroxyl groups excluding tert-OH is 1. The summed E-state index contributed by atoms with van der Waals surface area (Å²) in [6, 6.07) is 13.3. The van der Waals surface area contributed by atoms with Crippen molar-refractivity contribution >= 4 is 29.1 Å². The molecular formula is C19H22ClN5O2. The van der Waals surface area contributed by atoms with Crippen LogP contribution in [0.1, 0.15) is 12.0 Å². The van der Waals surface area contributed by atoms with Crippen LogP contribution in [0.15, 0.2) is 65.9 Å². The molecule has 0 fully saturated rings. The van der Waals surface area contributed by atoms with Gasteiger partial charge < -0.3 is 15.2 Å². The van der Waals surface area contributed by atoms with Gasteiger partial charge in [0.05, 0.1) is 12.8 Å². The Morgan fingerprint density at radius 1 is 1.19 bits per heavy atom. The smallest absolute Gasteiger partial charge is 0.286 e. The number of para-hydroxylation sites is 1. The fraction of sp³-hybridized carbons (Fsp3) is 0.263. The summed E-state index contributed by atoms with van der Waals surface area (Å²) < 4.78 is 6.93. The van der Waals surface area contributed by atoms with E-state index in [1.807, 2.05) is 42.5 Å². The number of benzene rings is 1. The first-order chi connectivity index (χ1) is 13.2. The zero-order chi connectivity index (χ0) is 19.1. The molecule has 27 heavy (non-hydrogen) atoms. The van der Waals surface area contributed by atoms with Crippen LogP contribution in [-0.2, 0) is 4.74 Å². The number of hydrogen-bond donors (Lipinski definition) is 3. The minimum absolute atomic E-state index is 0.0601. The summed E-state index contributed by atoms with van der Waals surface area (Å²) in [6.45, 7) is 0.550. The van der Waals surface area contributed by atoms with Crippen LogP contribution >= 0.6 is 11.8 Å². The second-order valence-corrected chi connectivity index (χ2v) is 6.21. The van der Waals surface area contributed by atoms with Crippen molar-refractivity contribution in [2.24, 2.45) is 4.99 Å². The van der Waals surface area contributed by atoms with E-state index in [2.05, 4.69) is 20.6 Å². The number of pyridine rings is 1. The molecule has 0 saturated heterocycles. The van der Waals surface area contributed by atoms with E-state index in [0.29, 0.717) is 24.6 Å². The number of aromatic nitrogens is 1. The molecule has 2 heterocycles. The van der Waals surface area contributed by atoms with Crippen molar-refractivity contribution < 1.29 is 9.84 Å². The molecule has 1 aromatic heterocycles. The van der Waals surface area contributed by atoms with Gasteiger partial charge in [-0.1, -0.05) is 18.2 Å². The Morgan fingerprint density at radius 2 is 1.93 bits per heavy atom. The summed E-state index contributed by atoms with van der Waals surface area (Å²) in [5, 5.41) is 15.8. The van der Waals surface area contributed by atoms with E-state index >= 15 is 0 Å². The third-order valence-corrected chi connectivity index (χ3v) is 4.44. The second-order valence-electron chi connectivity index (χ2n) is 5.87. The lowest BCUT2D eigenvalue weighted by Gasteiger charge is -2.42. The van der Waals surface area contributed by atoms with Gasteiger partial charge >= 0.3 is 0 Å². The third kappa shape index (κ3) is 4.39. The normalized spacial score (nSPS) is 19.3. The Balaban J connectivity index is 2.02. The number of anilines is 1. The molecule has 0 amide bonds. The molecule has 0 bridgehead atoms. The summed E-state index contributed by atoms with van der Waals surface area (Å²) in [5.41, 5.74) is 2.40. The maximum Gasteiger partial charge on any atom is 0.286 e. The SMILES string of the molecule is COC1=NC(NCCCO)(Nc2ccccc2)N(Cl)C(c2ccncc2)=C1. The standard InChI is InChI=1S/C19H22ClN5O2/c1-27-18-14-17(15-8-11-21-12-9-15)25(20)19(24-18,22-10-5-13-26)23-16-6-3-2-4-7-16/h2-4,6-9,11-12,14,22-23,26H,5,10,13H2,1H3. The predicted octanol–water partition coefficient (Wildman–Crippen LogP) is 2.63. The molecule has 1 atom stereocenters. The van der Waals surface area contributed by atoms with Gasteiger partial charge in [0.1, 0.15) is 0 Å². The lowest BCUT2D eigenvalue weighted by atomic mass is 10.1. The minimum Gasteiger partial charge on any atom is -0.481 e. The highest BCUT2D eigenvalue weighted by molar-refractivity contribution is 6.20. The molecule has 8 heteroatoms. The quantitative estimate of drug-likeness (QED) is 0.385. The maximum absolute atomic E-state index is 9.18. The molecule has 1 aliphatic rings. The molecule has 0 radical (unpaired) electrons. The van der Waals surface area contributed by atoms with Crippen molar-refractivity contribution in [2.75, 3.05) is 25.6 Å². The van der Waals surface area contributed by atoms with Crippen molar-refractivity contribution in [3.8, 4) is 0 Å². The van der Waals surface area contributed by atoms with Crippen LogP contribution < -0.4 is 10.6 Å². The lowest BCUT2D eigenvalue weighted by molar-refractivity contribution is 0.219. The second kappa shape index (κ2) is 8.85. The average Bonchev–Trinajstić information content (AvgIpc) is 2.71. The predicted molar refractivity (Wildman–Crippen MR) is 107 cm³/mol. The zero-order valence-corrected chi connectivity index (χ0v) is 15.7. The molecule has 3 N–H and O–H groups in total. The number of ether oxygens (including phenoxy) is 1. The Morgan fingerprint density at radius 3 is 2.59 bits per heavy atom. The fourth-order valence-electron chi connectivity index (χ4n) is 2.70. The van der Waals surface area contributed by atoms with E-state index in [1.54, 1.807) is 25.6 Å². The van der Waals surface area contributed by atoms with Crippen molar-refractivity contribution in [3.63, 3.8) is 0 Å². The van der Waals surface area contributed by atoms with Crippen LogP contribution in [-0.4, -0.2) is 46.6 Å². The molecule has 1 aliphatic heterocycles. The molecule has 2 aromatic rings. The summed E-state index contributed by atoms with van der Waals surface area (Å²) >= 11 is 6.79. The van der Waals surface area contributed by atoms with Crippen LogP contribution in [0.5, 0.6) is 0 Å². The van der Waals surface area contributed by atoms with E-state index in [1.165, 1.54) is 4.42 Å². The minimum atomic E-state index is -1.20. The fourth-order valence-corrected chi connectivity index (χ4v) is 2.99. The molecule has 0 aliphatic carbocycles. The largest absolute Gasteiger partial charge is 0.481 e. The first kappa shape index (κ1) is 19.2. The average molecular weight is 388 g/mol. The van der Waals surface area contributed by atoms with Gasteiger partial charge in [-0.15, -0.1) is 0 Å². The lowest BCUT2D eigenvalue weighted by Crippen LogP contribution is -2.61. The third-order valence-electron chi connectivity index (χ3n) is 4.01.